The molecule has 0 radical (unpaired) electrons. The molecular weight excluding hydrogens is 214 g/mol. The monoisotopic (exact) mass is 229 g/mol. The van der Waals surface area contributed by atoms with Gasteiger partial charge in [0.1, 0.15) is 0 Å². The van der Waals surface area contributed by atoms with E-state index >= 15 is 0 Å². The number of carbonyl (C=O) groups is 1. The Balaban J connectivity index is 2.14. The van der Waals surface area contributed by atoms with Gasteiger partial charge in [0.2, 0.25) is 0 Å². The topological polar surface area (TPSA) is 42.2 Å². The average molecular weight is 229 g/mol. The van der Waals surface area contributed by atoms with Crippen LogP contribution >= 0.6 is 0 Å². The number of fused-ring (bicyclic) bond motifs is 1. The number of aliphatic carboxylic acids is 1. The van der Waals surface area contributed by atoms with Crippen LogP contribution in [0.5, 0.6) is 0 Å². The summed E-state index contributed by atoms with van der Waals surface area (Å²) in [4.78, 5) is 10.9. The van der Waals surface area contributed by atoms with Crippen molar-refractivity contribution in [3.8, 4) is 0 Å². The normalized spacial score (nSPS) is 16.0. The zero-order valence-electron chi connectivity index (χ0n) is 9.60. The maximum atomic E-state index is 10.9. The van der Waals surface area contributed by atoms with E-state index in [2.05, 4.69) is 16.7 Å². The van der Waals surface area contributed by atoms with Crippen molar-refractivity contribution in [1.29, 1.82) is 0 Å². The minimum absolute atomic E-state index is 0.116. The molecule has 0 atom stereocenters. The van der Waals surface area contributed by atoms with E-state index in [4.69, 9.17) is 5.11 Å². The van der Waals surface area contributed by atoms with Crippen molar-refractivity contribution in [3.05, 3.63) is 36.0 Å². The lowest BCUT2D eigenvalue weighted by Crippen LogP contribution is -2.20. The van der Waals surface area contributed by atoms with E-state index in [0.29, 0.717) is 6.04 Å². The van der Waals surface area contributed by atoms with Crippen LogP contribution in [0.25, 0.3) is 10.9 Å². The van der Waals surface area contributed by atoms with Crippen LogP contribution in [0.1, 0.15) is 31.0 Å². The number of carboxylic acids is 1. The first-order valence-electron chi connectivity index (χ1n) is 6.06. The Morgan fingerprint density at radius 3 is 2.76 bits per heavy atom. The van der Waals surface area contributed by atoms with Gasteiger partial charge in [-0.3, -0.25) is 4.79 Å². The maximum absolute atomic E-state index is 10.9. The summed E-state index contributed by atoms with van der Waals surface area (Å²) >= 11 is 0. The molecule has 0 amide bonds. The van der Waals surface area contributed by atoms with Gasteiger partial charge in [0.25, 0.3) is 0 Å². The molecule has 3 nitrogen and oxygen atoms in total. The Morgan fingerprint density at radius 2 is 2.12 bits per heavy atom. The third kappa shape index (κ3) is 1.71. The summed E-state index contributed by atoms with van der Waals surface area (Å²) < 4.78 is 2.23. The molecule has 3 rings (SSSR count). The fraction of sp³-hybridized carbons (Fsp3) is 0.357. The van der Waals surface area contributed by atoms with E-state index < -0.39 is 5.97 Å². The molecule has 0 saturated heterocycles. The van der Waals surface area contributed by atoms with E-state index in [0.717, 1.165) is 11.1 Å². The van der Waals surface area contributed by atoms with Crippen LogP contribution in [-0.4, -0.2) is 15.6 Å². The average Bonchev–Trinajstić information content (AvgIpc) is 2.54. The molecule has 0 spiro atoms. The van der Waals surface area contributed by atoms with Crippen LogP contribution in [-0.2, 0) is 11.2 Å². The Labute approximate surface area is 99.7 Å². The van der Waals surface area contributed by atoms with Crippen molar-refractivity contribution < 1.29 is 9.90 Å². The fourth-order valence-electron chi connectivity index (χ4n) is 2.60. The molecule has 1 aromatic heterocycles. The highest BCUT2D eigenvalue weighted by atomic mass is 16.4. The van der Waals surface area contributed by atoms with E-state index in [1.165, 1.54) is 24.8 Å². The Hall–Kier alpha value is -1.77. The smallest absolute Gasteiger partial charge is 0.309 e. The first-order chi connectivity index (χ1) is 8.25. The van der Waals surface area contributed by atoms with Gasteiger partial charge in [-0.25, -0.2) is 0 Å². The molecule has 1 fully saturated rings. The number of para-hydroxylation sites is 1. The predicted octanol–water partition coefficient (Wildman–Crippen LogP) is 2.99. The molecule has 0 aliphatic heterocycles. The Bertz CT molecular complexity index is 567. The van der Waals surface area contributed by atoms with Gasteiger partial charge in [-0.05, 0) is 36.8 Å². The molecule has 3 heteroatoms. The molecule has 0 unspecified atom stereocenters. The van der Waals surface area contributed by atoms with Crippen molar-refractivity contribution in [2.24, 2.45) is 0 Å². The van der Waals surface area contributed by atoms with Gasteiger partial charge in [-0.2, -0.15) is 0 Å². The summed E-state index contributed by atoms with van der Waals surface area (Å²) in [6, 6.07) is 10.7. The quantitative estimate of drug-likeness (QED) is 0.879. The van der Waals surface area contributed by atoms with Crippen LogP contribution < -0.4 is 0 Å². The van der Waals surface area contributed by atoms with Crippen LogP contribution in [0.4, 0.5) is 0 Å². The van der Waals surface area contributed by atoms with Crippen LogP contribution in [0, 0.1) is 0 Å². The summed E-state index contributed by atoms with van der Waals surface area (Å²) in [5.41, 5.74) is 2.11. The third-order valence-electron chi connectivity index (χ3n) is 3.60. The largest absolute Gasteiger partial charge is 0.481 e. The standard InChI is InChI=1S/C14H15NO2/c16-14(17)9-12-8-10-4-1-2-7-13(10)15(12)11-5-3-6-11/h1-2,4,7-8,11H,3,5-6,9H2,(H,16,17). The van der Waals surface area contributed by atoms with Crippen molar-refractivity contribution in [2.75, 3.05) is 0 Å². The van der Waals surface area contributed by atoms with Crippen molar-refractivity contribution in [1.82, 2.24) is 4.57 Å². The molecule has 1 saturated carbocycles. The highest BCUT2D eigenvalue weighted by molar-refractivity contribution is 5.83. The van der Waals surface area contributed by atoms with Crippen molar-refractivity contribution in [2.45, 2.75) is 31.7 Å². The third-order valence-corrected chi connectivity index (χ3v) is 3.60. The number of rotatable bonds is 3. The highest BCUT2D eigenvalue weighted by Crippen LogP contribution is 2.36. The lowest BCUT2D eigenvalue weighted by atomic mass is 9.92. The molecule has 17 heavy (non-hydrogen) atoms. The van der Waals surface area contributed by atoms with E-state index in [-0.39, 0.29) is 6.42 Å². The maximum Gasteiger partial charge on any atom is 0.309 e. The molecule has 1 aromatic carbocycles. The summed E-state index contributed by atoms with van der Waals surface area (Å²) in [7, 11) is 0. The van der Waals surface area contributed by atoms with Crippen LogP contribution in [0.2, 0.25) is 0 Å². The molecule has 1 N–H and O–H groups in total. The predicted molar refractivity (Wildman–Crippen MR) is 66.2 cm³/mol. The minimum atomic E-state index is -0.756. The van der Waals surface area contributed by atoms with Gasteiger partial charge < -0.3 is 9.67 Å². The van der Waals surface area contributed by atoms with Crippen LogP contribution in [0.3, 0.4) is 0 Å². The second-order valence-electron chi connectivity index (χ2n) is 4.72. The van der Waals surface area contributed by atoms with Gasteiger partial charge >= 0.3 is 5.97 Å². The van der Waals surface area contributed by atoms with Gasteiger partial charge in [0.15, 0.2) is 0 Å². The summed E-state index contributed by atoms with van der Waals surface area (Å²) in [6.45, 7) is 0. The molecule has 1 aliphatic rings. The number of carboxylic acid groups (broad SMARTS) is 1. The number of aromatic nitrogens is 1. The van der Waals surface area contributed by atoms with Crippen LogP contribution in [0.15, 0.2) is 30.3 Å². The number of hydrogen-bond acceptors (Lipinski definition) is 1. The number of benzene rings is 1. The zero-order chi connectivity index (χ0) is 11.8. The number of hydrogen-bond donors (Lipinski definition) is 1. The van der Waals surface area contributed by atoms with Gasteiger partial charge in [0.05, 0.1) is 6.42 Å². The fourth-order valence-corrected chi connectivity index (χ4v) is 2.60. The summed E-state index contributed by atoms with van der Waals surface area (Å²) in [6.07, 6.45) is 3.71. The molecule has 0 bridgehead atoms. The first-order valence-corrected chi connectivity index (χ1v) is 6.06. The number of nitrogens with zero attached hydrogens (tertiary/aromatic N) is 1. The van der Waals surface area contributed by atoms with E-state index in [1.54, 1.807) is 0 Å². The van der Waals surface area contributed by atoms with Gasteiger partial charge in [-0.15, -0.1) is 0 Å². The summed E-state index contributed by atoms with van der Waals surface area (Å²) in [5.74, 6) is -0.756. The molecular formula is C14H15NO2. The van der Waals surface area contributed by atoms with Crippen molar-refractivity contribution in [3.63, 3.8) is 0 Å². The first kappa shape index (κ1) is 10.4. The van der Waals surface area contributed by atoms with Gasteiger partial charge in [0, 0.05) is 17.3 Å². The van der Waals surface area contributed by atoms with E-state index in [9.17, 15) is 4.79 Å². The van der Waals surface area contributed by atoms with E-state index in [1.807, 2.05) is 18.2 Å². The lowest BCUT2D eigenvalue weighted by molar-refractivity contribution is -0.136. The second kappa shape index (κ2) is 3.91. The zero-order valence-corrected chi connectivity index (χ0v) is 9.60. The summed E-state index contributed by atoms with van der Waals surface area (Å²) in [5, 5.41) is 10.1. The second-order valence-corrected chi connectivity index (χ2v) is 4.72. The minimum Gasteiger partial charge on any atom is -0.481 e. The van der Waals surface area contributed by atoms with Gasteiger partial charge in [-0.1, -0.05) is 18.2 Å². The van der Waals surface area contributed by atoms with Crippen molar-refractivity contribution >= 4 is 16.9 Å². The molecule has 2 aromatic rings. The lowest BCUT2D eigenvalue weighted by Gasteiger charge is -2.29. The highest BCUT2D eigenvalue weighted by Gasteiger charge is 2.24. The molecule has 88 valence electrons. The SMILES string of the molecule is O=C(O)Cc1cc2ccccc2n1C1CCC1. The Morgan fingerprint density at radius 1 is 1.35 bits per heavy atom. The Kier molecular flexibility index (Phi) is 2.39. The molecule has 1 heterocycles. The molecule has 1 aliphatic carbocycles.